The molecule has 5 heteroatoms. The maximum absolute atomic E-state index is 13.0. The van der Waals surface area contributed by atoms with Crippen molar-refractivity contribution in [2.24, 2.45) is 5.92 Å². The average molecular weight is 379 g/mol. The van der Waals surface area contributed by atoms with Crippen LogP contribution in [0.25, 0.3) is 0 Å². The number of nitrogens with zero attached hydrogens (tertiary/aromatic N) is 1. The van der Waals surface area contributed by atoms with Crippen molar-refractivity contribution in [1.29, 1.82) is 0 Å². The fourth-order valence-corrected chi connectivity index (χ4v) is 4.34. The zero-order chi connectivity index (χ0) is 19.0. The number of hydrogen-bond donors (Lipinski definition) is 1. The molecular formula is C22H21NO3S. The minimum absolute atomic E-state index is 0.00512. The van der Waals surface area contributed by atoms with Gasteiger partial charge in [0.05, 0.1) is 12.0 Å². The van der Waals surface area contributed by atoms with E-state index in [0.717, 1.165) is 17.5 Å². The van der Waals surface area contributed by atoms with Crippen LogP contribution in [-0.2, 0) is 14.3 Å². The summed E-state index contributed by atoms with van der Waals surface area (Å²) in [7, 11) is 0. The Labute approximate surface area is 164 Å². The number of benzene rings is 2. The van der Waals surface area contributed by atoms with Crippen LogP contribution in [0.2, 0.25) is 0 Å². The van der Waals surface area contributed by atoms with Gasteiger partial charge in [-0.3, -0.25) is 4.79 Å². The van der Waals surface area contributed by atoms with E-state index in [1.165, 1.54) is 0 Å². The lowest BCUT2D eigenvalue weighted by atomic mass is 9.85. The van der Waals surface area contributed by atoms with Crippen LogP contribution in [0, 0.1) is 5.92 Å². The Kier molecular flexibility index (Phi) is 4.79. The Morgan fingerprint density at radius 3 is 2.19 bits per heavy atom. The highest BCUT2D eigenvalue weighted by molar-refractivity contribution is 7.84. The lowest BCUT2D eigenvalue weighted by Gasteiger charge is -2.43. The second-order valence-corrected chi connectivity index (χ2v) is 7.44. The standard InChI is InChI=1S/C22H21NO3S/c1-2-16-17-13-18(27)19(23(17)21(16)24)22(25)26-20(14-9-5-3-6-10-14)15-11-7-4-8-12-15/h3-12,16-17,20,27H,2,13H2,1H3. The van der Waals surface area contributed by atoms with E-state index in [0.29, 0.717) is 17.0 Å². The van der Waals surface area contributed by atoms with E-state index in [-0.39, 0.29) is 17.9 Å². The predicted octanol–water partition coefficient (Wildman–Crippen LogP) is 4.10. The number of esters is 1. The summed E-state index contributed by atoms with van der Waals surface area (Å²) in [6.07, 6.45) is 0.866. The second-order valence-electron chi connectivity index (χ2n) is 6.90. The van der Waals surface area contributed by atoms with Gasteiger partial charge in [-0.2, -0.15) is 0 Å². The van der Waals surface area contributed by atoms with Gasteiger partial charge in [-0.15, -0.1) is 12.6 Å². The van der Waals surface area contributed by atoms with Crippen molar-refractivity contribution in [3.8, 4) is 0 Å². The van der Waals surface area contributed by atoms with Crippen molar-refractivity contribution in [1.82, 2.24) is 4.90 Å². The van der Waals surface area contributed by atoms with Gasteiger partial charge < -0.3 is 9.64 Å². The SMILES string of the molecule is CCC1C(=O)N2C(C(=O)OC(c3ccccc3)c3ccccc3)=C(S)CC12. The number of thiol groups is 1. The van der Waals surface area contributed by atoms with Gasteiger partial charge >= 0.3 is 5.97 Å². The summed E-state index contributed by atoms with van der Waals surface area (Å²) >= 11 is 4.49. The normalized spacial score (nSPS) is 21.3. The zero-order valence-electron chi connectivity index (χ0n) is 15.0. The molecule has 4 rings (SSSR count). The first-order valence-electron chi connectivity index (χ1n) is 9.17. The molecule has 2 aromatic rings. The van der Waals surface area contributed by atoms with Gasteiger partial charge in [0.25, 0.3) is 0 Å². The summed E-state index contributed by atoms with van der Waals surface area (Å²) in [5, 5.41) is 0. The number of carbonyl (C=O) groups excluding carboxylic acids is 2. The van der Waals surface area contributed by atoms with Crippen LogP contribution in [0.4, 0.5) is 0 Å². The molecule has 0 bridgehead atoms. The summed E-state index contributed by atoms with van der Waals surface area (Å²) < 4.78 is 5.91. The highest BCUT2D eigenvalue weighted by Gasteiger charge is 2.54. The third kappa shape index (κ3) is 3.06. The molecule has 4 nitrogen and oxygen atoms in total. The summed E-state index contributed by atoms with van der Waals surface area (Å²) in [4.78, 5) is 27.6. The smallest absolute Gasteiger partial charge is 0.356 e. The zero-order valence-corrected chi connectivity index (χ0v) is 15.9. The number of hydrogen-bond acceptors (Lipinski definition) is 4. The summed E-state index contributed by atoms with van der Waals surface area (Å²) in [5.41, 5.74) is 2.07. The molecule has 0 aromatic heterocycles. The van der Waals surface area contributed by atoms with Gasteiger partial charge in [0.1, 0.15) is 5.70 Å². The first-order chi connectivity index (χ1) is 13.1. The molecule has 138 valence electrons. The summed E-state index contributed by atoms with van der Waals surface area (Å²) in [6, 6.07) is 19.3. The molecule has 2 aliphatic heterocycles. The Bertz CT molecular complexity index is 855. The molecule has 0 spiro atoms. The Morgan fingerprint density at radius 1 is 1.11 bits per heavy atom. The number of ether oxygens (including phenoxy) is 1. The van der Waals surface area contributed by atoms with Crippen LogP contribution < -0.4 is 0 Å². The van der Waals surface area contributed by atoms with Crippen LogP contribution >= 0.6 is 12.6 Å². The number of rotatable bonds is 5. The number of fused-ring (bicyclic) bond motifs is 1. The van der Waals surface area contributed by atoms with Crippen LogP contribution in [0.3, 0.4) is 0 Å². The van der Waals surface area contributed by atoms with E-state index in [2.05, 4.69) is 12.6 Å². The largest absolute Gasteiger partial charge is 0.448 e. The lowest BCUT2D eigenvalue weighted by Crippen LogP contribution is -2.58. The van der Waals surface area contributed by atoms with Gasteiger partial charge in [0, 0.05) is 11.3 Å². The number of carbonyl (C=O) groups is 2. The quantitative estimate of drug-likeness (QED) is 0.483. The Hall–Kier alpha value is -2.53. The molecule has 0 N–H and O–H groups in total. The molecule has 0 aliphatic carbocycles. The van der Waals surface area contributed by atoms with Crippen LogP contribution in [0.1, 0.15) is 37.0 Å². The number of β-lactam (4-membered cyclic amide) rings is 1. The third-order valence-corrected chi connectivity index (χ3v) is 5.72. The maximum atomic E-state index is 13.0. The average Bonchev–Trinajstić information content (AvgIpc) is 3.00. The van der Waals surface area contributed by atoms with E-state index < -0.39 is 12.1 Å². The topological polar surface area (TPSA) is 46.6 Å². The third-order valence-electron chi connectivity index (χ3n) is 5.33. The van der Waals surface area contributed by atoms with Crippen molar-refractivity contribution in [3.05, 3.63) is 82.4 Å². The highest BCUT2D eigenvalue weighted by Crippen LogP contribution is 2.45. The molecule has 2 heterocycles. The molecule has 0 radical (unpaired) electrons. The van der Waals surface area contributed by atoms with Crippen molar-refractivity contribution in [3.63, 3.8) is 0 Å². The van der Waals surface area contributed by atoms with E-state index >= 15 is 0 Å². The van der Waals surface area contributed by atoms with E-state index in [1.54, 1.807) is 4.90 Å². The van der Waals surface area contributed by atoms with Gasteiger partial charge in [0.15, 0.2) is 6.10 Å². The molecular weight excluding hydrogens is 358 g/mol. The van der Waals surface area contributed by atoms with Gasteiger partial charge in [0.2, 0.25) is 5.91 Å². The van der Waals surface area contributed by atoms with Gasteiger partial charge in [-0.05, 0) is 17.5 Å². The lowest BCUT2D eigenvalue weighted by molar-refractivity contribution is -0.158. The Morgan fingerprint density at radius 2 is 1.67 bits per heavy atom. The van der Waals surface area contributed by atoms with Gasteiger partial charge in [-0.25, -0.2) is 4.79 Å². The molecule has 2 aromatic carbocycles. The Balaban J connectivity index is 1.62. The van der Waals surface area contributed by atoms with Crippen LogP contribution in [0.5, 0.6) is 0 Å². The molecule has 2 atom stereocenters. The predicted molar refractivity (Wildman–Crippen MR) is 106 cm³/mol. The summed E-state index contributed by atoms with van der Waals surface area (Å²) in [6.45, 7) is 2.00. The molecule has 1 amide bonds. The summed E-state index contributed by atoms with van der Waals surface area (Å²) in [5.74, 6) is -0.519. The molecule has 2 unspecified atom stereocenters. The van der Waals surface area contributed by atoms with Crippen molar-refractivity contribution < 1.29 is 14.3 Å². The van der Waals surface area contributed by atoms with Crippen molar-refractivity contribution in [2.75, 3.05) is 0 Å². The van der Waals surface area contributed by atoms with Crippen LogP contribution in [0.15, 0.2) is 71.3 Å². The van der Waals surface area contributed by atoms with Crippen molar-refractivity contribution >= 4 is 24.5 Å². The van der Waals surface area contributed by atoms with E-state index in [9.17, 15) is 9.59 Å². The molecule has 27 heavy (non-hydrogen) atoms. The minimum atomic E-state index is -0.536. The van der Waals surface area contributed by atoms with Crippen LogP contribution in [-0.4, -0.2) is 22.8 Å². The monoisotopic (exact) mass is 379 g/mol. The fourth-order valence-electron chi connectivity index (χ4n) is 3.96. The minimum Gasteiger partial charge on any atom is -0.448 e. The molecule has 0 saturated carbocycles. The molecule has 1 fully saturated rings. The van der Waals surface area contributed by atoms with E-state index in [1.807, 2.05) is 67.6 Å². The highest BCUT2D eigenvalue weighted by atomic mass is 32.1. The first-order valence-corrected chi connectivity index (χ1v) is 9.62. The van der Waals surface area contributed by atoms with Gasteiger partial charge in [-0.1, -0.05) is 67.6 Å². The van der Waals surface area contributed by atoms with Crippen molar-refractivity contribution in [2.45, 2.75) is 31.9 Å². The maximum Gasteiger partial charge on any atom is 0.356 e. The van der Waals surface area contributed by atoms with E-state index in [4.69, 9.17) is 4.74 Å². The molecule has 1 saturated heterocycles. The second kappa shape index (κ2) is 7.24. The molecule has 2 aliphatic rings. The first kappa shape index (κ1) is 17.9. The fraction of sp³-hybridized carbons (Fsp3) is 0.273. The number of amides is 1.